The van der Waals surface area contributed by atoms with Crippen molar-refractivity contribution < 1.29 is 4.79 Å². The molecule has 0 aromatic heterocycles. The molecule has 16 heavy (non-hydrogen) atoms. The fourth-order valence-electron chi connectivity index (χ4n) is 1.64. The van der Waals surface area contributed by atoms with Crippen LogP contribution in [0.1, 0.15) is 21.5 Å². The Morgan fingerprint density at radius 3 is 2.38 bits per heavy atom. The zero-order valence-corrected chi connectivity index (χ0v) is 9.65. The Hall–Kier alpha value is -1.54. The largest absolute Gasteiger partial charge is 0.298 e. The van der Waals surface area contributed by atoms with Gasteiger partial charge in [0, 0.05) is 10.5 Å². The molecule has 0 aliphatic rings. The van der Waals surface area contributed by atoms with Crippen molar-refractivity contribution in [3.63, 3.8) is 0 Å². The molecule has 2 aromatic rings. The molecule has 0 fully saturated rings. The van der Waals surface area contributed by atoms with Gasteiger partial charge in [0.25, 0.3) is 0 Å². The van der Waals surface area contributed by atoms with Crippen LogP contribution in [0.3, 0.4) is 0 Å². The number of benzene rings is 2. The van der Waals surface area contributed by atoms with Crippen LogP contribution < -0.4 is 0 Å². The first-order valence-corrected chi connectivity index (χ1v) is 5.55. The van der Waals surface area contributed by atoms with E-state index in [4.69, 9.17) is 0 Å². The predicted molar refractivity (Wildman–Crippen MR) is 68.3 cm³/mol. The number of carbonyl (C=O) groups is 1. The van der Waals surface area contributed by atoms with Gasteiger partial charge in [0.2, 0.25) is 0 Å². The highest BCUT2D eigenvalue weighted by molar-refractivity contribution is 7.80. The van der Waals surface area contributed by atoms with Crippen molar-refractivity contribution in [2.75, 3.05) is 0 Å². The van der Waals surface area contributed by atoms with E-state index in [-0.39, 0.29) is 0 Å². The van der Waals surface area contributed by atoms with Gasteiger partial charge in [-0.3, -0.25) is 4.79 Å². The van der Waals surface area contributed by atoms with E-state index in [1.807, 2.05) is 48.5 Å². The fraction of sp³-hybridized carbons (Fsp3) is 0.0714. The second kappa shape index (κ2) is 4.99. The molecule has 2 aromatic carbocycles. The zero-order valence-electron chi connectivity index (χ0n) is 8.76. The molecule has 0 saturated carbocycles. The average Bonchev–Trinajstić information content (AvgIpc) is 2.33. The molecule has 2 rings (SSSR count). The van der Waals surface area contributed by atoms with Crippen LogP contribution in [0.4, 0.5) is 0 Å². The summed E-state index contributed by atoms with van der Waals surface area (Å²) in [6.07, 6.45) is 1.69. The van der Waals surface area contributed by atoms with Crippen LogP contribution in [0, 0.1) is 0 Å². The molecule has 2 heteroatoms. The summed E-state index contributed by atoms with van der Waals surface area (Å²) in [5.74, 6) is 0. The summed E-state index contributed by atoms with van der Waals surface area (Å²) in [4.78, 5) is 11.8. The van der Waals surface area contributed by atoms with E-state index in [1.54, 1.807) is 0 Å². The third kappa shape index (κ3) is 2.52. The van der Waals surface area contributed by atoms with Crippen molar-refractivity contribution in [3.05, 3.63) is 65.2 Å². The van der Waals surface area contributed by atoms with E-state index in [0.29, 0.717) is 0 Å². The zero-order chi connectivity index (χ0) is 11.4. The number of hydrogen-bond donors (Lipinski definition) is 1. The number of carbonyl (C=O) groups excluding carboxylic acids is 1. The molecule has 0 heterocycles. The first kappa shape index (κ1) is 11.0. The Bertz CT molecular complexity index is 488. The predicted octanol–water partition coefficient (Wildman–Crippen LogP) is 3.38. The molecule has 0 unspecified atom stereocenters. The lowest BCUT2D eigenvalue weighted by Crippen LogP contribution is -1.93. The molecule has 80 valence electrons. The molecule has 0 radical (unpaired) electrons. The highest BCUT2D eigenvalue weighted by Crippen LogP contribution is 2.14. The van der Waals surface area contributed by atoms with Crippen LogP contribution >= 0.6 is 12.6 Å². The van der Waals surface area contributed by atoms with Crippen LogP contribution in [0.25, 0.3) is 0 Å². The SMILES string of the molecule is O=Cc1ccccc1Cc1ccc(S)cc1. The molecule has 1 nitrogen and oxygen atoms in total. The Kier molecular flexibility index (Phi) is 3.42. The minimum Gasteiger partial charge on any atom is -0.298 e. The van der Waals surface area contributed by atoms with Gasteiger partial charge in [0.05, 0.1) is 0 Å². The lowest BCUT2D eigenvalue weighted by Gasteiger charge is -2.04. The normalized spacial score (nSPS) is 10.1. The minimum atomic E-state index is 0.762. The molecule has 0 saturated heterocycles. The average molecular weight is 228 g/mol. The van der Waals surface area contributed by atoms with Gasteiger partial charge in [-0.1, -0.05) is 36.4 Å². The maximum Gasteiger partial charge on any atom is 0.150 e. The number of hydrogen-bond acceptors (Lipinski definition) is 2. The highest BCUT2D eigenvalue weighted by Gasteiger charge is 2.01. The van der Waals surface area contributed by atoms with Crippen LogP contribution in [-0.4, -0.2) is 6.29 Å². The molecule has 0 N–H and O–H groups in total. The van der Waals surface area contributed by atoms with Gasteiger partial charge >= 0.3 is 0 Å². The second-order valence-electron chi connectivity index (χ2n) is 3.66. The molecular weight excluding hydrogens is 216 g/mol. The first-order valence-electron chi connectivity index (χ1n) is 5.10. The molecule has 0 amide bonds. The van der Waals surface area contributed by atoms with Gasteiger partial charge in [0.15, 0.2) is 0 Å². The maximum absolute atomic E-state index is 10.9. The van der Waals surface area contributed by atoms with Crippen LogP contribution in [0.2, 0.25) is 0 Å². The number of thiol groups is 1. The number of rotatable bonds is 3. The molecule has 0 atom stereocenters. The van der Waals surface area contributed by atoms with Crippen molar-refractivity contribution >= 4 is 18.9 Å². The summed E-state index contributed by atoms with van der Waals surface area (Å²) in [5.41, 5.74) is 3.01. The van der Waals surface area contributed by atoms with E-state index in [1.165, 1.54) is 5.56 Å². The Morgan fingerprint density at radius 1 is 1.00 bits per heavy atom. The van der Waals surface area contributed by atoms with E-state index in [9.17, 15) is 4.79 Å². The maximum atomic E-state index is 10.9. The summed E-state index contributed by atoms with van der Waals surface area (Å²) in [7, 11) is 0. The van der Waals surface area contributed by atoms with Gasteiger partial charge in [-0.2, -0.15) is 0 Å². The third-order valence-electron chi connectivity index (χ3n) is 2.51. The molecular formula is C14H12OS. The molecule has 0 spiro atoms. The lowest BCUT2D eigenvalue weighted by atomic mass is 10.0. The van der Waals surface area contributed by atoms with Gasteiger partial charge in [-0.05, 0) is 29.7 Å². The first-order chi connectivity index (χ1) is 7.79. The van der Waals surface area contributed by atoms with Gasteiger partial charge in [-0.25, -0.2) is 0 Å². The van der Waals surface area contributed by atoms with Crippen LogP contribution in [0.5, 0.6) is 0 Å². The fourth-order valence-corrected chi connectivity index (χ4v) is 1.79. The van der Waals surface area contributed by atoms with Crippen molar-refractivity contribution in [3.8, 4) is 0 Å². The topological polar surface area (TPSA) is 17.1 Å². The lowest BCUT2D eigenvalue weighted by molar-refractivity contribution is 0.112. The van der Waals surface area contributed by atoms with Crippen molar-refractivity contribution in [1.82, 2.24) is 0 Å². The van der Waals surface area contributed by atoms with E-state index < -0.39 is 0 Å². The summed E-state index contributed by atoms with van der Waals surface area (Å²) in [5, 5.41) is 0. The smallest absolute Gasteiger partial charge is 0.150 e. The van der Waals surface area contributed by atoms with Gasteiger partial charge < -0.3 is 0 Å². The second-order valence-corrected chi connectivity index (χ2v) is 4.18. The van der Waals surface area contributed by atoms with Crippen molar-refractivity contribution in [2.45, 2.75) is 11.3 Å². The molecule has 0 aliphatic carbocycles. The Labute approximate surface area is 101 Å². The van der Waals surface area contributed by atoms with Crippen LogP contribution in [0.15, 0.2) is 53.4 Å². The summed E-state index contributed by atoms with van der Waals surface area (Å²) >= 11 is 4.24. The summed E-state index contributed by atoms with van der Waals surface area (Å²) < 4.78 is 0. The van der Waals surface area contributed by atoms with Gasteiger partial charge in [-0.15, -0.1) is 12.6 Å². The Balaban J connectivity index is 2.26. The molecule has 0 aliphatic heterocycles. The van der Waals surface area contributed by atoms with E-state index >= 15 is 0 Å². The minimum absolute atomic E-state index is 0.762. The summed E-state index contributed by atoms with van der Waals surface area (Å²) in [6.45, 7) is 0. The monoisotopic (exact) mass is 228 g/mol. The third-order valence-corrected chi connectivity index (χ3v) is 2.81. The molecule has 0 bridgehead atoms. The number of aldehydes is 1. The Morgan fingerprint density at radius 2 is 1.69 bits per heavy atom. The standard InChI is InChI=1S/C14H12OS/c15-10-13-4-2-1-3-12(13)9-11-5-7-14(16)8-6-11/h1-8,10,16H,9H2. The van der Waals surface area contributed by atoms with E-state index in [2.05, 4.69) is 12.6 Å². The summed E-state index contributed by atoms with van der Waals surface area (Å²) in [6, 6.07) is 15.6. The van der Waals surface area contributed by atoms with E-state index in [0.717, 1.165) is 28.7 Å². The highest BCUT2D eigenvalue weighted by atomic mass is 32.1. The van der Waals surface area contributed by atoms with Gasteiger partial charge in [0.1, 0.15) is 6.29 Å². The van der Waals surface area contributed by atoms with Crippen molar-refractivity contribution in [2.24, 2.45) is 0 Å². The van der Waals surface area contributed by atoms with Crippen LogP contribution in [-0.2, 0) is 6.42 Å². The van der Waals surface area contributed by atoms with Crippen molar-refractivity contribution in [1.29, 1.82) is 0 Å². The quantitative estimate of drug-likeness (QED) is 0.629.